The highest BCUT2D eigenvalue weighted by atomic mass is 14.6. The third-order valence-corrected chi connectivity index (χ3v) is 10.2. The third-order valence-electron chi connectivity index (χ3n) is 10.2. The van der Waals surface area contributed by atoms with Gasteiger partial charge in [-0.1, -0.05) is 72.0 Å². The molecule has 0 aromatic carbocycles. The zero-order valence-electron chi connectivity index (χ0n) is 19.0. The molecule has 4 unspecified atom stereocenters. The first-order valence-corrected chi connectivity index (χ1v) is 12.6. The van der Waals surface area contributed by atoms with Crippen molar-refractivity contribution in [2.75, 3.05) is 0 Å². The molecule has 7 atom stereocenters. The van der Waals surface area contributed by atoms with Crippen LogP contribution in [0.25, 0.3) is 0 Å². The van der Waals surface area contributed by atoms with Gasteiger partial charge in [0.15, 0.2) is 0 Å². The summed E-state index contributed by atoms with van der Waals surface area (Å²) in [6.07, 6.45) is 20.5. The molecule has 0 nitrogen and oxygen atoms in total. The first-order valence-electron chi connectivity index (χ1n) is 12.6. The van der Waals surface area contributed by atoms with Gasteiger partial charge in [0, 0.05) is 0 Å². The summed E-state index contributed by atoms with van der Waals surface area (Å²) in [6.45, 7) is 12.8. The van der Waals surface area contributed by atoms with Gasteiger partial charge in [-0.05, 0) is 97.7 Å². The van der Waals surface area contributed by atoms with Crippen molar-refractivity contribution in [3.8, 4) is 0 Å². The Balaban J connectivity index is 1.49. The van der Waals surface area contributed by atoms with Gasteiger partial charge in [-0.25, -0.2) is 0 Å². The Labute approximate surface area is 170 Å². The molecular weight excluding hydrogens is 324 g/mol. The highest BCUT2D eigenvalue weighted by molar-refractivity contribution is 5.24. The van der Waals surface area contributed by atoms with E-state index in [1.54, 1.807) is 0 Å². The summed E-state index contributed by atoms with van der Waals surface area (Å²) in [5, 5.41) is 0. The van der Waals surface area contributed by atoms with Crippen LogP contribution in [-0.4, -0.2) is 0 Å². The molecule has 0 aromatic heterocycles. The summed E-state index contributed by atoms with van der Waals surface area (Å²) in [4.78, 5) is 0. The van der Waals surface area contributed by atoms with Gasteiger partial charge in [0.2, 0.25) is 0 Å². The van der Waals surface area contributed by atoms with Crippen LogP contribution >= 0.6 is 0 Å². The molecular formula is C27H46. The number of allylic oxidation sites excluding steroid dienone is 2. The predicted molar refractivity (Wildman–Crippen MR) is 118 cm³/mol. The van der Waals surface area contributed by atoms with E-state index in [4.69, 9.17) is 0 Å². The minimum absolute atomic E-state index is 0.573. The summed E-state index contributed by atoms with van der Waals surface area (Å²) in [5.74, 6) is 5.84. The first-order chi connectivity index (χ1) is 12.9. The fourth-order valence-electron chi connectivity index (χ4n) is 8.72. The maximum absolute atomic E-state index is 2.74. The van der Waals surface area contributed by atoms with E-state index < -0.39 is 0 Å². The Morgan fingerprint density at radius 1 is 0.963 bits per heavy atom. The molecule has 3 saturated carbocycles. The van der Waals surface area contributed by atoms with E-state index in [9.17, 15) is 0 Å². The van der Waals surface area contributed by atoms with E-state index in [1.807, 2.05) is 5.57 Å². The lowest BCUT2D eigenvalue weighted by molar-refractivity contribution is -0.0500. The molecule has 4 aliphatic rings. The summed E-state index contributed by atoms with van der Waals surface area (Å²) in [6, 6.07) is 0. The Hall–Kier alpha value is -0.260. The molecule has 0 heteroatoms. The average molecular weight is 371 g/mol. The van der Waals surface area contributed by atoms with Gasteiger partial charge in [0.1, 0.15) is 0 Å². The summed E-state index contributed by atoms with van der Waals surface area (Å²) < 4.78 is 0. The molecule has 0 bridgehead atoms. The molecule has 4 aliphatic carbocycles. The SMILES string of the molecule is CC(C)CCCC(C)[C@H]1CCC2C3CC=C4CCCC[C@]4(C)C3CC[C@@]21C. The monoisotopic (exact) mass is 370 g/mol. The molecule has 0 radical (unpaired) electrons. The van der Waals surface area contributed by atoms with Crippen LogP contribution in [0.5, 0.6) is 0 Å². The predicted octanol–water partition coefficient (Wildman–Crippen LogP) is 8.42. The lowest BCUT2D eigenvalue weighted by Gasteiger charge is -2.58. The van der Waals surface area contributed by atoms with Crippen LogP contribution in [0.3, 0.4) is 0 Å². The van der Waals surface area contributed by atoms with Crippen LogP contribution in [0, 0.1) is 46.3 Å². The van der Waals surface area contributed by atoms with E-state index in [2.05, 4.69) is 40.7 Å². The molecule has 27 heavy (non-hydrogen) atoms. The Kier molecular flexibility index (Phi) is 5.59. The van der Waals surface area contributed by atoms with Crippen molar-refractivity contribution in [2.45, 2.75) is 112 Å². The van der Waals surface area contributed by atoms with Crippen molar-refractivity contribution < 1.29 is 0 Å². The maximum Gasteiger partial charge on any atom is -0.00853 e. The second-order valence-electron chi connectivity index (χ2n) is 12.0. The second-order valence-corrected chi connectivity index (χ2v) is 12.0. The third kappa shape index (κ3) is 3.36. The maximum atomic E-state index is 2.74. The van der Waals surface area contributed by atoms with Gasteiger partial charge in [-0.15, -0.1) is 0 Å². The van der Waals surface area contributed by atoms with Crippen molar-refractivity contribution in [2.24, 2.45) is 46.3 Å². The molecule has 0 aromatic rings. The zero-order chi connectivity index (χ0) is 19.2. The fourth-order valence-corrected chi connectivity index (χ4v) is 8.72. The molecule has 0 aliphatic heterocycles. The van der Waals surface area contributed by atoms with Crippen LogP contribution in [0.4, 0.5) is 0 Å². The average Bonchev–Trinajstić information content (AvgIpc) is 2.98. The Morgan fingerprint density at radius 2 is 1.78 bits per heavy atom. The van der Waals surface area contributed by atoms with Crippen molar-refractivity contribution in [1.29, 1.82) is 0 Å². The molecule has 0 spiro atoms. The highest BCUT2D eigenvalue weighted by Crippen LogP contribution is 2.67. The van der Waals surface area contributed by atoms with Gasteiger partial charge >= 0.3 is 0 Å². The molecule has 0 N–H and O–H groups in total. The van der Waals surface area contributed by atoms with Crippen molar-refractivity contribution in [3.63, 3.8) is 0 Å². The van der Waals surface area contributed by atoms with Crippen molar-refractivity contribution in [3.05, 3.63) is 11.6 Å². The van der Waals surface area contributed by atoms with Gasteiger partial charge in [-0.2, -0.15) is 0 Å². The van der Waals surface area contributed by atoms with E-state index in [1.165, 1.54) is 77.0 Å². The molecule has 0 saturated heterocycles. The molecule has 3 fully saturated rings. The molecule has 0 amide bonds. The van der Waals surface area contributed by atoms with Crippen molar-refractivity contribution in [1.82, 2.24) is 0 Å². The van der Waals surface area contributed by atoms with Crippen LogP contribution in [0.15, 0.2) is 11.6 Å². The largest absolute Gasteiger partial charge is 0.0845 e. The standard InChI is InChI=1S/C27H46/c1-19(2)9-8-10-20(3)23-14-15-24-22-13-12-21-11-6-7-17-26(21,4)25(22)16-18-27(23,24)5/h12,19-20,22-25H,6-11,13-18H2,1-5H3/t20?,22?,23-,24?,25?,26+,27-/m1/s1. The van der Waals surface area contributed by atoms with E-state index in [0.717, 1.165) is 35.5 Å². The smallest absolute Gasteiger partial charge is 0.00853 e. The number of rotatable bonds is 5. The number of fused-ring (bicyclic) bond motifs is 5. The second kappa shape index (κ2) is 7.53. The van der Waals surface area contributed by atoms with E-state index in [-0.39, 0.29) is 0 Å². The lowest BCUT2D eigenvalue weighted by atomic mass is 9.47. The van der Waals surface area contributed by atoms with Gasteiger partial charge < -0.3 is 0 Å². The minimum Gasteiger partial charge on any atom is -0.0845 e. The first kappa shape index (κ1) is 20.0. The Morgan fingerprint density at radius 3 is 2.56 bits per heavy atom. The van der Waals surface area contributed by atoms with Gasteiger partial charge in [-0.3, -0.25) is 0 Å². The quantitative estimate of drug-likeness (QED) is 0.426. The zero-order valence-corrected chi connectivity index (χ0v) is 19.0. The highest BCUT2D eigenvalue weighted by Gasteiger charge is 2.58. The molecule has 0 heterocycles. The van der Waals surface area contributed by atoms with Crippen LogP contribution in [0.2, 0.25) is 0 Å². The topological polar surface area (TPSA) is 0 Å². The fraction of sp³-hybridized carbons (Fsp3) is 0.926. The summed E-state index contributed by atoms with van der Waals surface area (Å²) >= 11 is 0. The number of hydrogen-bond acceptors (Lipinski definition) is 0. The van der Waals surface area contributed by atoms with Gasteiger partial charge in [0.25, 0.3) is 0 Å². The van der Waals surface area contributed by atoms with Crippen LogP contribution in [-0.2, 0) is 0 Å². The normalized spacial score (nSPS) is 45.0. The minimum atomic E-state index is 0.573. The van der Waals surface area contributed by atoms with Crippen LogP contribution in [0.1, 0.15) is 112 Å². The van der Waals surface area contributed by atoms with Crippen LogP contribution < -0.4 is 0 Å². The lowest BCUT2D eigenvalue weighted by Crippen LogP contribution is -2.50. The molecule has 4 rings (SSSR count). The van der Waals surface area contributed by atoms with Crippen molar-refractivity contribution >= 4 is 0 Å². The number of hydrogen-bond donors (Lipinski definition) is 0. The van der Waals surface area contributed by atoms with E-state index >= 15 is 0 Å². The summed E-state index contributed by atoms with van der Waals surface area (Å²) in [5.41, 5.74) is 3.09. The summed E-state index contributed by atoms with van der Waals surface area (Å²) in [7, 11) is 0. The Bertz CT molecular complexity index is 556. The van der Waals surface area contributed by atoms with Gasteiger partial charge in [0.05, 0.1) is 0 Å². The molecule has 154 valence electrons. The van der Waals surface area contributed by atoms with E-state index in [0.29, 0.717) is 10.8 Å².